The van der Waals surface area contributed by atoms with Crippen LogP contribution in [0.15, 0.2) is 4.52 Å². The van der Waals surface area contributed by atoms with Gasteiger partial charge in [-0.15, -0.1) is 0 Å². The highest BCUT2D eigenvalue weighted by atomic mass is 32.2. The smallest absolute Gasteiger partial charge is 0.226 e. The van der Waals surface area contributed by atoms with Crippen molar-refractivity contribution in [2.75, 3.05) is 18.1 Å². The van der Waals surface area contributed by atoms with E-state index in [0.29, 0.717) is 31.1 Å². The molecule has 1 aromatic heterocycles. The molecule has 2 unspecified atom stereocenters. The molecule has 7 heteroatoms. The topological polar surface area (TPSA) is 99.1 Å². The third kappa shape index (κ3) is 3.04. The zero-order valence-electron chi connectivity index (χ0n) is 9.80. The van der Waals surface area contributed by atoms with E-state index in [4.69, 9.17) is 10.3 Å². The van der Waals surface area contributed by atoms with Crippen LogP contribution in [0, 0.1) is 5.92 Å². The van der Waals surface area contributed by atoms with Crippen molar-refractivity contribution in [2.45, 2.75) is 25.7 Å². The van der Waals surface area contributed by atoms with E-state index in [1.54, 1.807) is 0 Å². The summed E-state index contributed by atoms with van der Waals surface area (Å²) < 4.78 is 27.8. The quantitative estimate of drug-likeness (QED) is 0.823. The zero-order chi connectivity index (χ0) is 12.5. The molecule has 96 valence electrons. The second kappa shape index (κ2) is 4.73. The number of hydrogen-bond acceptors (Lipinski definition) is 6. The first-order valence-corrected chi connectivity index (χ1v) is 7.55. The van der Waals surface area contributed by atoms with Gasteiger partial charge in [0, 0.05) is 12.3 Å². The molecular weight excluding hydrogens is 242 g/mol. The summed E-state index contributed by atoms with van der Waals surface area (Å²) in [6, 6.07) is 0. The first kappa shape index (κ1) is 12.5. The third-order valence-electron chi connectivity index (χ3n) is 3.01. The highest BCUT2D eigenvalue weighted by Crippen LogP contribution is 2.26. The zero-order valence-corrected chi connectivity index (χ0v) is 10.6. The van der Waals surface area contributed by atoms with Crippen molar-refractivity contribution in [3.05, 3.63) is 11.7 Å². The van der Waals surface area contributed by atoms with E-state index in [2.05, 4.69) is 10.1 Å². The molecule has 0 aliphatic carbocycles. The lowest BCUT2D eigenvalue weighted by molar-refractivity contribution is 0.353. The fourth-order valence-corrected chi connectivity index (χ4v) is 3.64. The molecule has 1 aliphatic heterocycles. The molecule has 2 N–H and O–H groups in total. The maximum absolute atomic E-state index is 11.3. The molecule has 0 bridgehead atoms. The lowest BCUT2D eigenvalue weighted by Gasteiger charge is -2.02. The second-order valence-electron chi connectivity index (χ2n) is 4.69. The minimum Gasteiger partial charge on any atom is -0.339 e. The Bertz CT molecular complexity index is 483. The van der Waals surface area contributed by atoms with Gasteiger partial charge < -0.3 is 10.3 Å². The lowest BCUT2D eigenvalue weighted by atomic mass is 10.1. The maximum atomic E-state index is 11.3. The molecule has 17 heavy (non-hydrogen) atoms. The van der Waals surface area contributed by atoms with Gasteiger partial charge in [-0.05, 0) is 18.9 Å². The fraction of sp³-hybridized carbons (Fsp3) is 0.800. The minimum absolute atomic E-state index is 0.106. The average molecular weight is 259 g/mol. The average Bonchev–Trinajstić information content (AvgIpc) is 2.84. The SMILES string of the molecule is CC(CN)Cc1nc(C2CCS(=O)(=O)C2)no1. The monoisotopic (exact) mass is 259 g/mol. The van der Waals surface area contributed by atoms with Crippen molar-refractivity contribution in [1.82, 2.24) is 10.1 Å². The molecule has 2 atom stereocenters. The Morgan fingerprint density at radius 2 is 2.35 bits per heavy atom. The normalized spacial score (nSPS) is 24.9. The van der Waals surface area contributed by atoms with Crippen molar-refractivity contribution in [1.29, 1.82) is 0 Å². The number of nitrogens with zero attached hydrogens (tertiary/aromatic N) is 2. The second-order valence-corrected chi connectivity index (χ2v) is 6.92. The van der Waals surface area contributed by atoms with Crippen LogP contribution in [0.25, 0.3) is 0 Å². The van der Waals surface area contributed by atoms with Gasteiger partial charge in [0.15, 0.2) is 15.7 Å². The largest absolute Gasteiger partial charge is 0.339 e. The number of rotatable bonds is 4. The molecule has 1 fully saturated rings. The minimum atomic E-state index is -2.90. The van der Waals surface area contributed by atoms with Crippen molar-refractivity contribution in [3.8, 4) is 0 Å². The Kier molecular flexibility index (Phi) is 3.48. The molecule has 0 aromatic carbocycles. The number of hydrogen-bond donors (Lipinski definition) is 1. The van der Waals surface area contributed by atoms with Crippen LogP contribution in [0.4, 0.5) is 0 Å². The molecule has 0 saturated carbocycles. The highest BCUT2D eigenvalue weighted by Gasteiger charge is 2.32. The summed E-state index contributed by atoms with van der Waals surface area (Å²) in [4.78, 5) is 4.25. The van der Waals surface area contributed by atoms with E-state index in [1.165, 1.54) is 0 Å². The first-order valence-electron chi connectivity index (χ1n) is 5.73. The van der Waals surface area contributed by atoms with Crippen molar-refractivity contribution < 1.29 is 12.9 Å². The summed E-state index contributed by atoms with van der Waals surface area (Å²) in [7, 11) is -2.90. The van der Waals surface area contributed by atoms with E-state index in [0.717, 1.165) is 0 Å². The van der Waals surface area contributed by atoms with E-state index in [-0.39, 0.29) is 23.3 Å². The van der Waals surface area contributed by atoms with Crippen LogP contribution in [0.1, 0.15) is 31.0 Å². The van der Waals surface area contributed by atoms with E-state index >= 15 is 0 Å². The predicted octanol–water partition coefficient (Wildman–Crippen LogP) is 0.109. The number of nitrogens with two attached hydrogens (primary N) is 1. The third-order valence-corrected chi connectivity index (χ3v) is 4.77. The molecule has 0 radical (unpaired) electrons. The summed E-state index contributed by atoms with van der Waals surface area (Å²) >= 11 is 0. The Morgan fingerprint density at radius 3 is 2.94 bits per heavy atom. The van der Waals surface area contributed by atoms with Gasteiger partial charge in [0.1, 0.15) is 0 Å². The van der Waals surface area contributed by atoms with Crippen LogP contribution in [-0.2, 0) is 16.3 Å². The van der Waals surface area contributed by atoms with Gasteiger partial charge in [-0.3, -0.25) is 0 Å². The summed E-state index contributed by atoms with van der Waals surface area (Å²) in [6.07, 6.45) is 1.23. The van der Waals surface area contributed by atoms with Gasteiger partial charge in [-0.25, -0.2) is 8.42 Å². The summed E-state index contributed by atoms with van der Waals surface area (Å²) in [5.41, 5.74) is 5.52. The van der Waals surface area contributed by atoms with Crippen molar-refractivity contribution in [2.24, 2.45) is 11.7 Å². The van der Waals surface area contributed by atoms with Crippen LogP contribution in [0.2, 0.25) is 0 Å². The molecule has 6 nitrogen and oxygen atoms in total. The highest BCUT2D eigenvalue weighted by molar-refractivity contribution is 7.91. The van der Waals surface area contributed by atoms with Gasteiger partial charge in [-0.2, -0.15) is 4.98 Å². The van der Waals surface area contributed by atoms with E-state index in [9.17, 15) is 8.42 Å². The van der Waals surface area contributed by atoms with Gasteiger partial charge in [0.25, 0.3) is 0 Å². The molecule has 1 aliphatic rings. The van der Waals surface area contributed by atoms with Crippen LogP contribution in [-0.4, -0.2) is 36.6 Å². The van der Waals surface area contributed by atoms with Gasteiger partial charge in [0.2, 0.25) is 5.89 Å². The molecule has 1 saturated heterocycles. The number of aromatic nitrogens is 2. The Balaban J connectivity index is 2.04. The Hall–Kier alpha value is -0.950. The van der Waals surface area contributed by atoms with Crippen LogP contribution >= 0.6 is 0 Å². The molecule has 2 heterocycles. The standard InChI is InChI=1S/C10H17N3O3S/c1-7(5-11)4-9-12-10(13-16-9)8-2-3-17(14,15)6-8/h7-8H,2-6,11H2,1H3. The Labute approximate surface area is 100 Å². The van der Waals surface area contributed by atoms with Crippen molar-refractivity contribution in [3.63, 3.8) is 0 Å². The van der Waals surface area contributed by atoms with Crippen LogP contribution in [0.5, 0.6) is 0 Å². The molecule has 0 amide bonds. The van der Waals surface area contributed by atoms with Crippen LogP contribution in [0.3, 0.4) is 0 Å². The van der Waals surface area contributed by atoms with Crippen molar-refractivity contribution >= 4 is 9.84 Å². The molecule has 1 aromatic rings. The summed E-state index contributed by atoms with van der Waals surface area (Å²) in [5.74, 6) is 1.60. The Morgan fingerprint density at radius 1 is 1.59 bits per heavy atom. The maximum Gasteiger partial charge on any atom is 0.226 e. The van der Waals surface area contributed by atoms with Gasteiger partial charge in [-0.1, -0.05) is 12.1 Å². The summed E-state index contributed by atoms with van der Waals surface area (Å²) in [6.45, 7) is 2.57. The lowest BCUT2D eigenvalue weighted by Crippen LogP contribution is -2.13. The molecule has 2 rings (SSSR count). The van der Waals surface area contributed by atoms with Crippen LogP contribution < -0.4 is 5.73 Å². The fourth-order valence-electron chi connectivity index (χ4n) is 1.90. The molecule has 0 spiro atoms. The van der Waals surface area contributed by atoms with Gasteiger partial charge >= 0.3 is 0 Å². The molecular formula is C10H17N3O3S. The van der Waals surface area contributed by atoms with E-state index < -0.39 is 9.84 Å². The van der Waals surface area contributed by atoms with E-state index in [1.807, 2.05) is 6.92 Å². The number of sulfone groups is 1. The van der Waals surface area contributed by atoms with Gasteiger partial charge in [0.05, 0.1) is 11.5 Å². The predicted molar refractivity (Wildman–Crippen MR) is 62.2 cm³/mol. The first-order chi connectivity index (χ1) is 8.00. The summed E-state index contributed by atoms with van der Waals surface area (Å²) in [5, 5.41) is 3.86.